The Bertz CT molecular complexity index is 753. The van der Waals surface area contributed by atoms with E-state index in [1.807, 2.05) is 30.0 Å². The summed E-state index contributed by atoms with van der Waals surface area (Å²) >= 11 is 6.15. The maximum Gasteiger partial charge on any atom is 0.223 e. The van der Waals surface area contributed by atoms with E-state index in [0.29, 0.717) is 25.3 Å². The van der Waals surface area contributed by atoms with Crippen LogP contribution in [0.1, 0.15) is 49.0 Å². The largest absolute Gasteiger partial charge is 0.333 e. The summed E-state index contributed by atoms with van der Waals surface area (Å²) in [7, 11) is 0. The number of aromatic nitrogens is 3. The average Bonchev–Trinajstić information content (AvgIpc) is 2.99. The first-order chi connectivity index (χ1) is 11.5. The van der Waals surface area contributed by atoms with Gasteiger partial charge < -0.3 is 9.47 Å². The normalized spacial score (nSPS) is 14.1. The van der Waals surface area contributed by atoms with Crippen molar-refractivity contribution in [3.8, 4) is 0 Å². The number of amides is 1. The molecule has 1 aliphatic rings. The lowest BCUT2D eigenvalue weighted by molar-refractivity contribution is -0.132. The van der Waals surface area contributed by atoms with Crippen LogP contribution in [0.25, 0.3) is 0 Å². The predicted molar refractivity (Wildman–Crippen MR) is 94.0 cm³/mol. The molecule has 0 spiro atoms. The first-order valence-electron chi connectivity index (χ1n) is 8.40. The lowest BCUT2D eigenvalue weighted by Gasteiger charge is -2.28. The van der Waals surface area contributed by atoms with Crippen molar-refractivity contribution in [1.29, 1.82) is 0 Å². The predicted octanol–water partition coefficient (Wildman–Crippen LogP) is 3.34. The molecule has 0 radical (unpaired) electrons. The van der Waals surface area contributed by atoms with Crippen LogP contribution in [-0.4, -0.2) is 32.1 Å². The fourth-order valence-corrected chi connectivity index (χ4v) is 3.22. The van der Waals surface area contributed by atoms with Gasteiger partial charge in [-0.3, -0.25) is 4.79 Å². The van der Waals surface area contributed by atoms with E-state index < -0.39 is 0 Å². The van der Waals surface area contributed by atoms with Gasteiger partial charge in [-0.1, -0.05) is 37.6 Å². The third-order valence-corrected chi connectivity index (χ3v) is 4.92. The molecule has 0 saturated heterocycles. The van der Waals surface area contributed by atoms with Crippen molar-refractivity contribution in [3.63, 3.8) is 0 Å². The Hall–Kier alpha value is -1.88. The van der Waals surface area contributed by atoms with Gasteiger partial charge in [-0.2, -0.15) is 0 Å². The number of carbonyl (C=O) groups is 1. The SMILES string of the molecule is Cc1ccc(CCC(=O)N2CCn3c(nnc3C(C)C)C2)cc1Cl. The zero-order valence-corrected chi connectivity index (χ0v) is 15.2. The highest BCUT2D eigenvalue weighted by Crippen LogP contribution is 2.20. The summed E-state index contributed by atoms with van der Waals surface area (Å²) in [6, 6.07) is 5.99. The summed E-state index contributed by atoms with van der Waals surface area (Å²) in [5, 5.41) is 9.27. The van der Waals surface area contributed by atoms with Crippen molar-refractivity contribution in [2.24, 2.45) is 0 Å². The van der Waals surface area contributed by atoms with Gasteiger partial charge in [0.2, 0.25) is 5.91 Å². The summed E-state index contributed by atoms with van der Waals surface area (Å²) in [6.07, 6.45) is 1.20. The van der Waals surface area contributed by atoms with Crippen LogP contribution in [0.4, 0.5) is 0 Å². The molecular weight excluding hydrogens is 324 g/mol. The quantitative estimate of drug-likeness (QED) is 0.853. The van der Waals surface area contributed by atoms with Crippen LogP contribution < -0.4 is 0 Å². The summed E-state index contributed by atoms with van der Waals surface area (Å²) in [6.45, 7) is 8.25. The molecule has 0 saturated carbocycles. The molecule has 128 valence electrons. The number of nitrogens with zero attached hydrogens (tertiary/aromatic N) is 4. The molecular formula is C18H23ClN4O. The lowest BCUT2D eigenvalue weighted by Crippen LogP contribution is -2.39. The van der Waals surface area contributed by atoms with E-state index in [2.05, 4.69) is 28.6 Å². The number of aryl methyl sites for hydroxylation is 2. The van der Waals surface area contributed by atoms with Crippen LogP contribution >= 0.6 is 11.6 Å². The molecule has 1 aliphatic heterocycles. The molecule has 0 fully saturated rings. The van der Waals surface area contributed by atoms with Gasteiger partial charge in [0, 0.05) is 30.5 Å². The van der Waals surface area contributed by atoms with Gasteiger partial charge in [0.1, 0.15) is 5.82 Å². The molecule has 0 atom stereocenters. The molecule has 2 aromatic rings. The van der Waals surface area contributed by atoms with Gasteiger partial charge in [-0.05, 0) is 30.5 Å². The second-order valence-corrected chi connectivity index (χ2v) is 7.09. The number of rotatable bonds is 4. The van der Waals surface area contributed by atoms with Crippen LogP contribution in [0.3, 0.4) is 0 Å². The van der Waals surface area contributed by atoms with Gasteiger partial charge in [0.15, 0.2) is 5.82 Å². The van der Waals surface area contributed by atoms with E-state index in [1.54, 1.807) is 0 Å². The first kappa shape index (κ1) is 17.0. The lowest BCUT2D eigenvalue weighted by atomic mass is 10.1. The highest BCUT2D eigenvalue weighted by molar-refractivity contribution is 6.31. The third-order valence-electron chi connectivity index (χ3n) is 4.51. The summed E-state index contributed by atoms with van der Waals surface area (Å²) in [5.74, 6) is 2.40. The van der Waals surface area contributed by atoms with Crippen molar-refractivity contribution in [1.82, 2.24) is 19.7 Å². The molecule has 2 heterocycles. The van der Waals surface area contributed by atoms with Crippen molar-refractivity contribution in [2.75, 3.05) is 6.54 Å². The Morgan fingerprint density at radius 2 is 2.08 bits per heavy atom. The second kappa shape index (κ2) is 6.93. The Morgan fingerprint density at radius 1 is 1.29 bits per heavy atom. The third kappa shape index (κ3) is 3.46. The monoisotopic (exact) mass is 346 g/mol. The minimum Gasteiger partial charge on any atom is -0.333 e. The zero-order chi connectivity index (χ0) is 17.3. The summed E-state index contributed by atoms with van der Waals surface area (Å²) in [5.41, 5.74) is 2.16. The van der Waals surface area contributed by atoms with Crippen LogP contribution in [0.2, 0.25) is 5.02 Å². The molecule has 0 unspecified atom stereocenters. The molecule has 3 rings (SSSR count). The molecule has 1 aromatic carbocycles. The van der Waals surface area contributed by atoms with E-state index in [9.17, 15) is 4.79 Å². The van der Waals surface area contributed by atoms with E-state index >= 15 is 0 Å². The maximum atomic E-state index is 12.5. The van der Waals surface area contributed by atoms with Gasteiger partial charge in [0.25, 0.3) is 0 Å². The van der Waals surface area contributed by atoms with E-state index in [0.717, 1.165) is 40.9 Å². The minimum absolute atomic E-state index is 0.159. The summed E-state index contributed by atoms with van der Waals surface area (Å²) in [4.78, 5) is 14.4. The highest BCUT2D eigenvalue weighted by Gasteiger charge is 2.25. The van der Waals surface area contributed by atoms with Crippen molar-refractivity contribution in [2.45, 2.75) is 52.6 Å². The fourth-order valence-electron chi connectivity index (χ4n) is 3.02. The van der Waals surface area contributed by atoms with Gasteiger partial charge in [-0.25, -0.2) is 0 Å². The Balaban J connectivity index is 1.61. The smallest absolute Gasteiger partial charge is 0.223 e. The van der Waals surface area contributed by atoms with Crippen LogP contribution in [-0.2, 0) is 24.3 Å². The van der Waals surface area contributed by atoms with Gasteiger partial charge in [-0.15, -0.1) is 10.2 Å². The fraction of sp³-hybridized carbons (Fsp3) is 0.500. The number of carbonyl (C=O) groups excluding carboxylic acids is 1. The van der Waals surface area contributed by atoms with Crippen molar-refractivity contribution in [3.05, 3.63) is 46.0 Å². The molecule has 0 N–H and O–H groups in total. The molecule has 0 aliphatic carbocycles. The van der Waals surface area contributed by atoms with Crippen molar-refractivity contribution < 1.29 is 4.79 Å². The molecule has 1 amide bonds. The van der Waals surface area contributed by atoms with Crippen LogP contribution in [0, 0.1) is 6.92 Å². The Morgan fingerprint density at radius 3 is 2.79 bits per heavy atom. The average molecular weight is 347 g/mol. The minimum atomic E-state index is 0.159. The second-order valence-electron chi connectivity index (χ2n) is 6.68. The van der Waals surface area contributed by atoms with Crippen LogP contribution in [0.15, 0.2) is 18.2 Å². The topological polar surface area (TPSA) is 51.0 Å². The number of fused-ring (bicyclic) bond motifs is 1. The van der Waals surface area contributed by atoms with Gasteiger partial charge in [0.05, 0.1) is 6.54 Å². The molecule has 6 heteroatoms. The van der Waals surface area contributed by atoms with Crippen LogP contribution in [0.5, 0.6) is 0 Å². The molecule has 0 bridgehead atoms. The summed E-state index contributed by atoms with van der Waals surface area (Å²) < 4.78 is 2.15. The van der Waals surface area contributed by atoms with Crippen molar-refractivity contribution >= 4 is 17.5 Å². The Labute approximate surface area is 147 Å². The van der Waals surface area contributed by atoms with E-state index in [-0.39, 0.29) is 5.91 Å². The van der Waals surface area contributed by atoms with Gasteiger partial charge >= 0.3 is 0 Å². The zero-order valence-electron chi connectivity index (χ0n) is 14.4. The number of hydrogen-bond acceptors (Lipinski definition) is 3. The number of hydrogen-bond donors (Lipinski definition) is 0. The number of halogens is 1. The Kier molecular flexibility index (Phi) is 4.90. The molecule has 24 heavy (non-hydrogen) atoms. The number of benzene rings is 1. The maximum absolute atomic E-state index is 12.5. The highest BCUT2D eigenvalue weighted by atomic mass is 35.5. The molecule has 1 aromatic heterocycles. The standard InChI is InChI=1S/C18H23ClN4O/c1-12(2)18-21-20-16-11-22(8-9-23(16)18)17(24)7-6-14-5-4-13(3)15(19)10-14/h4-5,10,12H,6-9,11H2,1-3H3. The molecule has 5 nitrogen and oxygen atoms in total. The van der Waals surface area contributed by atoms with E-state index in [4.69, 9.17) is 11.6 Å². The van der Waals surface area contributed by atoms with E-state index in [1.165, 1.54) is 0 Å². The first-order valence-corrected chi connectivity index (χ1v) is 8.78.